The van der Waals surface area contributed by atoms with Crippen LogP contribution in [0.4, 0.5) is 0 Å². The summed E-state index contributed by atoms with van der Waals surface area (Å²) in [5.41, 5.74) is 4.37. The van der Waals surface area contributed by atoms with E-state index in [1.54, 1.807) is 11.6 Å². The molecule has 0 amide bonds. The van der Waals surface area contributed by atoms with Crippen LogP contribution in [0.1, 0.15) is 35.5 Å². The van der Waals surface area contributed by atoms with Crippen molar-refractivity contribution in [2.45, 2.75) is 33.4 Å². The monoisotopic (exact) mass is 375 g/mol. The summed E-state index contributed by atoms with van der Waals surface area (Å²) in [6, 6.07) is 14.8. The molecular formula is C22H25N5O. The Labute approximate surface area is 164 Å². The molecule has 28 heavy (non-hydrogen) atoms. The number of nitrogens with zero attached hydrogens (tertiary/aromatic N) is 5. The van der Waals surface area contributed by atoms with Gasteiger partial charge < -0.3 is 0 Å². The predicted molar refractivity (Wildman–Crippen MR) is 112 cm³/mol. The van der Waals surface area contributed by atoms with Crippen LogP contribution in [0.3, 0.4) is 0 Å². The first-order valence-electron chi connectivity index (χ1n) is 9.47. The van der Waals surface area contributed by atoms with Gasteiger partial charge in [-0.05, 0) is 45.5 Å². The third-order valence-electron chi connectivity index (χ3n) is 5.55. The second kappa shape index (κ2) is 6.87. The molecule has 4 rings (SSSR count). The Morgan fingerprint density at radius 3 is 2.43 bits per heavy atom. The highest BCUT2D eigenvalue weighted by atomic mass is 16.1. The number of rotatable bonds is 4. The van der Waals surface area contributed by atoms with E-state index in [9.17, 15) is 4.79 Å². The molecule has 2 aromatic heterocycles. The maximum absolute atomic E-state index is 12.7. The van der Waals surface area contributed by atoms with Crippen LogP contribution in [0.2, 0.25) is 0 Å². The minimum absolute atomic E-state index is 0.0495. The van der Waals surface area contributed by atoms with Crippen LogP contribution >= 0.6 is 0 Å². The van der Waals surface area contributed by atoms with Gasteiger partial charge in [0.2, 0.25) is 5.78 Å². The summed E-state index contributed by atoms with van der Waals surface area (Å²) in [5, 5.41) is 9.39. The Morgan fingerprint density at radius 1 is 1.04 bits per heavy atom. The molecule has 1 atom stereocenters. The third-order valence-corrected chi connectivity index (χ3v) is 5.55. The van der Waals surface area contributed by atoms with Gasteiger partial charge in [0.25, 0.3) is 5.56 Å². The Morgan fingerprint density at radius 2 is 1.71 bits per heavy atom. The number of aryl methyl sites for hydroxylation is 3. The molecule has 0 N–H and O–H groups in total. The fraction of sp³-hybridized carbons (Fsp3) is 0.318. The Balaban J connectivity index is 1.78. The van der Waals surface area contributed by atoms with Crippen molar-refractivity contribution >= 4 is 16.7 Å². The summed E-state index contributed by atoms with van der Waals surface area (Å²) in [4.78, 5) is 15.0. The second-order valence-electron chi connectivity index (χ2n) is 7.64. The molecule has 0 saturated carbocycles. The minimum atomic E-state index is -0.0495. The Bertz CT molecular complexity index is 1220. The van der Waals surface area contributed by atoms with E-state index in [1.165, 1.54) is 11.1 Å². The average molecular weight is 375 g/mol. The van der Waals surface area contributed by atoms with Crippen LogP contribution in [0, 0.1) is 13.8 Å². The lowest BCUT2D eigenvalue weighted by Crippen LogP contribution is -2.24. The number of fused-ring (bicyclic) bond motifs is 3. The Kier molecular flexibility index (Phi) is 4.51. The first-order chi connectivity index (χ1) is 13.4. The van der Waals surface area contributed by atoms with Crippen molar-refractivity contribution in [3.05, 3.63) is 75.3 Å². The molecule has 2 heterocycles. The lowest BCUT2D eigenvalue weighted by atomic mass is 10.1. The smallest absolute Gasteiger partial charge is 0.262 e. The van der Waals surface area contributed by atoms with E-state index in [0.717, 1.165) is 16.9 Å². The highest BCUT2D eigenvalue weighted by Gasteiger charge is 2.18. The molecule has 0 fully saturated rings. The van der Waals surface area contributed by atoms with E-state index in [2.05, 4.69) is 60.3 Å². The molecule has 6 heteroatoms. The fourth-order valence-electron chi connectivity index (χ4n) is 3.62. The lowest BCUT2D eigenvalue weighted by Gasteiger charge is -2.24. The van der Waals surface area contributed by atoms with Crippen LogP contribution in [0.25, 0.3) is 16.7 Å². The van der Waals surface area contributed by atoms with E-state index < -0.39 is 0 Å². The largest absolute Gasteiger partial charge is 0.292 e. The van der Waals surface area contributed by atoms with Crippen molar-refractivity contribution in [2.24, 2.45) is 7.05 Å². The summed E-state index contributed by atoms with van der Waals surface area (Å²) in [6.45, 7) is 6.90. The van der Waals surface area contributed by atoms with Gasteiger partial charge in [0.15, 0.2) is 5.82 Å². The first kappa shape index (κ1) is 18.4. The quantitative estimate of drug-likeness (QED) is 0.549. The van der Waals surface area contributed by atoms with Crippen molar-refractivity contribution in [1.29, 1.82) is 0 Å². The van der Waals surface area contributed by atoms with Gasteiger partial charge in [-0.3, -0.25) is 18.7 Å². The van der Waals surface area contributed by atoms with Crippen LogP contribution < -0.4 is 5.56 Å². The molecule has 1 unspecified atom stereocenters. The van der Waals surface area contributed by atoms with E-state index in [-0.39, 0.29) is 11.6 Å². The number of benzene rings is 2. The normalized spacial score (nSPS) is 12.9. The molecule has 6 nitrogen and oxygen atoms in total. The third kappa shape index (κ3) is 2.99. The van der Waals surface area contributed by atoms with Gasteiger partial charge >= 0.3 is 0 Å². The van der Waals surface area contributed by atoms with Crippen molar-refractivity contribution in [2.75, 3.05) is 7.05 Å². The fourth-order valence-corrected chi connectivity index (χ4v) is 3.62. The van der Waals surface area contributed by atoms with E-state index in [1.807, 2.05) is 29.5 Å². The summed E-state index contributed by atoms with van der Waals surface area (Å²) in [7, 11) is 3.83. The van der Waals surface area contributed by atoms with Crippen LogP contribution in [-0.4, -0.2) is 31.1 Å². The maximum Gasteiger partial charge on any atom is 0.262 e. The maximum atomic E-state index is 12.7. The Hall–Kier alpha value is -2.99. The summed E-state index contributed by atoms with van der Waals surface area (Å²) >= 11 is 0. The highest BCUT2D eigenvalue weighted by molar-refractivity contribution is 5.81. The van der Waals surface area contributed by atoms with Crippen molar-refractivity contribution < 1.29 is 0 Å². The van der Waals surface area contributed by atoms with Gasteiger partial charge in [0, 0.05) is 13.1 Å². The zero-order valence-electron chi connectivity index (χ0n) is 17.0. The van der Waals surface area contributed by atoms with Gasteiger partial charge in [-0.2, -0.15) is 0 Å². The second-order valence-corrected chi connectivity index (χ2v) is 7.64. The van der Waals surface area contributed by atoms with Crippen LogP contribution in [0.5, 0.6) is 0 Å². The number of aromatic nitrogens is 4. The van der Waals surface area contributed by atoms with E-state index in [0.29, 0.717) is 17.7 Å². The molecule has 0 spiro atoms. The van der Waals surface area contributed by atoms with Crippen molar-refractivity contribution in [1.82, 2.24) is 24.1 Å². The van der Waals surface area contributed by atoms with Gasteiger partial charge in [0.05, 0.1) is 17.4 Å². The van der Waals surface area contributed by atoms with Gasteiger partial charge in [-0.1, -0.05) is 41.5 Å². The van der Waals surface area contributed by atoms with E-state index >= 15 is 0 Å². The zero-order valence-corrected chi connectivity index (χ0v) is 17.0. The minimum Gasteiger partial charge on any atom is -0.292 e. The van der Waals surface area contributed by atoms with Crippen LogP contribution in [-0.2, 0) is 13.6 Å². The molecule has 0 aliphatic rings. The first-order valence-corrected chi connectivity index (χ1v) is 9.47. The van der Waals surface area contributed by atoms with Gasteiger partial charge in [-0.25, -0.2) is 0 Å². The SMILES string of the molecule is Cc1ccc(C(C)N(C)Cc2nnc3n(C)c(=O)c4cc(C)ccc4n23)cc1. The molecule has 144 valence electrons. The lowest BCUT2D eigenvalue weighted by molar-refractivity contribution is 0.246. The van der Waals surface area contributed by atoms with Gasteiger partial charge in [-0.15, -0.1) is 10.2 Å². The average Bonchev–Trinajstić information content (AvgIpc) is 3.10. The topological polar surface area (TPSA) is 55.4 Å². The molecular weight excluding hydrogens is 350 g/mol. The van der Waals surface area contributed by atoms with Gasteiger partial charge in [0.1, 0.15) is 0 Å². The molecule has 0 saturated heterocycles. The molecule has 2 aromatic carbocycles. The van der Waals surface area contributed by atoms with Crippen molar-refractivity contribution in [3.63, 3.8) is 0 Å². The summed E-state index contributed by atoms with van der Waals surface area (Å²) in [6.07, 6.45) is 0. The molecule has 0 aliphatic heterocycles. The molecule has 0 radical (unpaired) electrons. The number of hydrogen-bond acceptors (Lipinski definition) is 4. The highest BCUT2D eigenvalue weighted by Crippen LogP contribution is 2.22. The summed E-state index contributed by atoms with van der Waals surface area (Å²) in [5.74, 6) is 1.38. The summed E-state index contributed by atoms with van der Waals surface area (Å²) < 4.78 is 3.57. The molecule has 0 aliphatic carbocycles. The molecule has 0 bridgehead atoms. The number of hydrogen-bond donors (Lipinski definition) is 0. The zero-order chi connectivity index (χ0) is 20.0. The van der Waals surface area contributed by atoms with Crippen molar-refractivity contribution in [3.8, 4) is 0 Å². The molecule has 4 aromatic rings. The van der Waals surface area contributed by atoms with E-state index in [4.69, 9.17) is 0 Å². The predicted octanol–water partition coefficient (Wildman–Crippen LogP) is 3.39. The van der Waals surface area contributed by atoms with Crippen LogP contribution in [0.15, 0.2) is 47.3 Å². The standard InChI is InChI=1S/C22H25N5O/c1-14-6-9-17(10-7-14)16(3)25(4)13-20-23-24-22-26(5)21(28)18-12-15(2)8-11-19(18)27(20)22/h6-12,16H,13H2,1-5H3.